The Morgan fingerprint density at radius 2 is 1.88 bits per heavy atom. The van der Waals surface area contributed by atoms with E-state index >= 15 is 0 Å². The number of hydrogen-bond donors (Lipinski definition) is 0. The Labute approximate surface area is 189 Å². The van der Waals surface area contributed by atoms with E-state index in [2.05, 4.69) is 4.99 Å². The van der Waals surface area contributed by atoms with Gasteiger partial charge in [0.05, 0.1) is 6.61 Å². The first-order valence-electron chi connectivity index (χ1n) is 9.94. The monoisotopic (exact) mass is 451 g/mol. The maximum Gasteiger partial charge on any atom is 0.363 e. The van der Waals surface area contributed by atoms with Gasteiger partial charge in [0.1, 0.15) is 12.4 Å². The minimum absolute atomic E-state index is 0.0623. The van der Waals surface area contributed by atoms with E-state index in [1.54, 1.807) is 36.4 Å². The predicted octanol–water partition coefficient (Wildman–Crippen LogP) is 5.80. The molecule has 0 radical (unpaired) electrons. The standard InChI is InChI=1S/C25H19ClFNO4/c1-2-30-23-13-16(9-10-22(23)31-15-17-5-3-7-19(26)11-17)12-21-25(29)32-24(28-21)18-6-4-8-20(27)14-18/h3-14H,2,15H2,1H3/b21-12-. The van der Waals surface area contributed by atoms with E-state index in [0.29, 0.717) is 40.9 Å². The fourth-order valence-corrected chi connectivity index (χ4v) is 3.31. The molecule has 32 heavy (non-hydrogen) atoms. The second-order valence-electron chi connectivity index (χ2n) is 6.90. The van der Waals surface area contributed by atoms with E-state index < -0.39 is 11.8 Å². The van der Waals surface area contributed by atoms with Gasteiger partial charge in [-0.1, -0.05) is 35.9 Å². The van der Waals surface area contributed by atoms with Gasteiger partial charge in [-0.25, -0.2) is 14.2 Å². The lowest BCUT2D eigenvalue weighted by atomic mass is 10.1. The molecular formula is C25H19ClFNO4. The van der Waals surface area contributed by atoms with Crippen molar-refractivity contribution in [3.8, 4) is 11.5 Å². The summed E-state index contributed by atoms with van der Waals surface area (Å²) >= 11 is 6.02. The number of nitrogens with zero attached hydrogens (tertiary/aromatic N) is 1. The number of esters is 1. The lowest BCUT2D eigenvalue weighted by Crippen LogP contribution is -2.05. The van der Waals surface area contributed by atoms with Gasteiger partial charge in [0.15, 0.2) is 17.2 Å². The molecule has 0 atom stereocenters. The zero-order valence-corrected chi connectivity index (χ0v) is 17.9. The van der Waals surface area contributed by atoms with E-state index in [4.69, 9.17) is 25.8 Å². The quantitative estimate of drug-likeness (QED) is 0.336. The number of carbonyl (C=O) groups is 1. The van der Waals surface area contributed by atoms with Crippen LogP contribution in [0.5, 0.6) is 11.5 Å². The molecule has 1 heterocycles. The van der Waals surface area contributed by atoms with Gasteiger partial charge in [-0.3, -0.25) is 0 Å². The van der Waals surface area contributed by atoms with E-state index in [1.165, 1.54) is 18.2 Å². The first kappa shape index (κ1) is 21.6. The molecule has 5 nitrogen and oxygen atoms in total. The van der Waals surface area contributed by atoms with E-state index in [0.717, 1.165) is 5.56 Å². The number of ether oxygens (including phenoxy) is 3. The summed E-state index contributed by atoms with van der Waals surface area (Å²) in [5.41, 5.74) is 2.11. The molecule has 1 aliphatic rings. The zero-order valence-electron chi connectivity index (χ0n) is 17.2. The summed E-state index contributed by atoms with van der Waals surface area (Å²) in [4.78, 5) is 16.5. The molecule has 0 aliphatic carbocycles. The van der Waals surface area contributed by atoms with Crippen LogP contribution >= 0.6 is 11.6 Å². The van der Waals surface area contributed by atoms with Crippen molar-refractivity contribution in [1.29, 1.82) is 0 Å². The zero-order chi connectivity index (χ0) is 22.5. The highest BCUT2D eigenvalue weighted by molar-refractivity contribution is 6.30. The molecule has 0 bridgehead atoms. The number of hydrogen-bond acceptors (Lipinski definition) is 5. The van der Waals surface area contributed by atoms with Gasteiger partial charge in [-0.15, -0.1) is 0 Å². The third-order valence-corrected chi connectivity index (χ3v) is 4.78. The number of halogens is 2. The van der Waals surface area contributed by atoms with Crippen molar-refractivity contribution in [3.63, 3.8) is 0 Å². The van der Waals surface area contributed by atoms with Crippen molar-refractivity contribution in [2.45, 2.75) is 13.5 Å². The van der Waals surface area contributed by atoms with Crippen LogP contribution in [0.15, 0.2) is 77.4 Å². The van der Waals surface area contributed by atoms with Gasteiger partial charge in [-0.2, -0.15) is 0 Å². The summed E-state index contributed by atoms with van der Waals surface area (Å²) < 4.78 is 30.3. The smallest absolute Gasteiger partial charge is 0.363 e. The summed E-state index contributed by atoms with van der Waals surface area (Å²) in [5.74, 6) is 0.112. The molecule has 0 amide bonds. The molecule has 3 aromatic carbocycles. The highest BCUT2D eigenvalue weighted by Crippen LogP contribution is 2.31. The van der Waals surface area contributed by atoms with E-state index in [1.807, 2.05) is 25.1 Å². The lowest BCUT2D eigenvalue weighted by molar-refractivity contribution is -0.129. The van der Waals surface area contributed by atoms with Crippen molar-refractivity contribution in [1.82, 2.24) is 0 Å². The van der Waals surface area contributed by atoms with Crippen LogP contribution in [0.1, 0.15) is 23.6 Å². The fraction of sp³-hybridized carbons (Fsp3) is 0.120. The van der Waals surface area contributed by atoms with Crippen LogP contribution in [-0.4, -0.2) is 18.5 Å². The van der Waals surface area contributed by atoms with Crippen LogP contribution in [0, 0.1) is 5.82 Å². The minimum atomic E-state index is -0.608. The van der Waals surface area contributed by atoms with Crippen LogP contribution in [-0.2, 0) is 16.1 Å². The van der Waals surface area contributed by atoms with Crippen LogP contribution in [0.3, 0.4) is 0 Å². The lowest BCUT2D eigenvalue weighted by Gasteiger charge is -2.13. The topological polar surface area (TPSA) is 57.1 Å². The molecule has 0 unspecified atom stereocenters. The molecule has 7 heteroatoms. The molecule has 0 spiro atoms. The third-order valence-electron chi connectivity index (χ3n) is 4.55. The number of aliphatic imine (C=N–C) groups is 1. The Morgan fingerprint density at radius 1 is 1.03 bits per heavy atom. The van der Waals surface area contributed by atoms with Crippen LogP contribution in [0.2, 0.25) is 5.02 Å². The average Bonchev–Trinajstić information content (AvgIpc) is 3.14. The van der Waals surface area contributed by atoms with Crippen molar-refractivity contribution >= 4 is 29.5 Å². The Morgan fingerprint density at radius 3 is 2.66 bits per heavy atom. The second kappa shape index (κ2) is 9.66. The molecular weight excluding hydrogens is 433 g/mol. The molecule has 162 valence electrons. The summed E-state index contributed by atoms with van der Waals surface area (Å²) in [6, 6.07) is 18.4. The minimum Gasteiger partial charge on any atom is -0.490 e. The predicted molar refractivity (Wildman–Crippen MR) is 120 cm³/mol. The maximum atomic E-state index is 13.5. The Bertz CT molecular complexity index is 1220. The van der Waals surface area contributed by atoms with Gasteiger partial charge < -0.3 is 14.2 Å². The molecule has 4 rings (SSSR count). The highest BCUT2D eigenvalue weighted by Gasteiger charge is 2.24. The number of rotatable bonds is 7. The SMILES string of the molecule is CCOc1cc(/C=C2\N=C(c3cccc(F)c3)OC2=O)ccc1OCc1cccc(Cl)c1. The Balaban J connectivity index is 1.56. The Hall–Kier alpha value is -3.64. The van der Waals surface area contributed by atoms with Crippen molar-refractivity contribution < 1.29 is 23.4 Å². The summed E-state index contributed by atoms with van der Waals surface area (Å²) in [6.07, 6.45) is 1.58. The average molecular weight is 452 g/mol. The summed E-state index contributed by atoms with van der Waals surface area (Å²) in [6.45, 7) is 2.64. The molecule has 0 saturated heterocycles. The molecule has 0 N–H and O–H groups in total. The highest BCUT2D eigenvalue weighted by atomic mass is 35.5. The second-order valence-corrected chi connectivity index (χ2v) is 7.34. The van der Waals surface area contributed by atoms with Gasteiger partial charge in [-0.05, 0) is 66.6 Å². The van der Waals surface area contributed by atoms with Crippen LogP contribution in [0.4, 0.5) is 4.39 Å². The number of carbonyl (C=O) groups excluding carboxylic acids is 1. The van der Waals surface area contributed by atoms with Crippen molar-refractivity contribution in [3.05, 3.63) is 100.0 Å². The van der Waals surface area contributed by atoms with Crippen LogP contribution < -0.4 is 9.47 Å². The molecule has 3 aromatic rings. The molecule has 0 aromatic heterocycles. The van der Waals surface area contributed by atoms with E-state index in [9.17, 15) is 9.18 Å². The third kappa shape index (κ3) is 5.15. The molecule has 0 saturated carbocycles. The normalized spacial score (nSPS) is 14.3. The summed E-state index contributed by atoms with van der Waals surface area (Å²) in [5, 5.41) is 0.639. The number of cyclic esters (lactones) is 1. The first-order chi connectivity index (χ1) is 15.5. The van der Waals surface area contributed by atoms with Crippen molar-refractivity contribution in [2.75, 3.05) is 6.61 Å². The first-order valence-corrected chi connectivity index (χ1v) is 10.3. The molecule has 1 aliphatic heterocycles. The molecule has 0 fully saturated rings. The number of benzene rings is 3. The van der Waals surface area contributed by atoms with Crippen molar-refractivity contribution in [2.24, 2.45) is 4.99 Å². The maximum absolute atomic E-state index is 13.5. The van der Waals surface area contributed by atoms with Gasteiger partial charge in [0.25, 0.3) is 0 Å². The summed E-state index contributed by atoms with van der Waals surface area (Å²) in [7, 11) is 0. The van der Waals surface area contributed by atoms with Crippen LogP contribution in [0.25, 0.3) is 6.08 Å². The van der Waals surface area contributed by atoms with Gasteiger partial charge >= 0.3 is 5.97 Å². The van der Waals surface area contributed by atoms with Gasteiger partial charge in [0.2, 0.25) is 5.90 Å². The van der Waals surface area contributed by atoms with Gasteiger partial charge in [0, 0.05) is 10.6 Å². The van der Waals surface area contributed by atoms with E-state index in [-0.39, 0.29) is 11.6 Å². The largest absolute Gasteiger partial charge is 0.490 e. The fourth-order valence-electron chi connectivity index (χ4n) is 3.10. The Kier molecular flexibility index (Phi) is 6.52.